The van der Waals surface area contributed by atoms with Crippen molar-refractivity contribution in [2.75, 3.05) is 0 Å². The Hall–Kier alpha value is -0.110. The van der Waals surface area contributed by atoms with Crippen LogP contribution < -0.4 is 5.73 Å². The summed E-state index contributed by atoms with van der Waals surface area (Å²) in [6.45, 7) is 5.55. The van der Waals surface area contributed by atoms with Gasteiger partial charge in [0, 0.05) is 10.9 Å². The quantitative estimate of drug-likeness (QED) is 0.522. The molecule has 0 aromatic rings. The molecule has 1 atom stereocenters. The lowest BCUT2D eigenvalue weighted by molar-refractivity contribution is 0.923. The number of hydrogen-bond donors (Lipinski definition) is 2. The summed E-state index contributed by atoms with van der Waals surface area (Å²) in [7, 11) is 0. The lowest BCUT2D eigenvalue weighted by Gasteiger charge is -2.03. The average Bonchev–Trinajstić information content (AvgIpc) is 1.65. The van der Waals surface area contributed by atoms with Gasteiger partial charge in [-0.15, -0.1) is 0 Å². The first-order valence-electron chi connectivity index (χ1n) is 2.30. The smallest absolute Gasteiger partial charge is 0.0403 e. The molecule has 0 amide bonds. The summed E-state index contributed by atoms with van der Waals surface area (Å²) in [6, 6.07) is 0. The summed E-state index contributed by atoms with van der Waals surface area (Å²) in [5, 5.41) is 0.181. The van der Waals surface area contributed by atoms with E-state index >= 15 is 0 Å². The fraction of sp³-hybridized carbons (Fsp3) is 0.600. The lowest BCUT2D eigenvalue weighted by atomic mass is 10.3. The van der Waals surface area contributed by atoms with Crippen molar-refractivity contribution in [3.8, 4) is 0 Å². The van der Waals surface area contributed by atoms with E-state index in [2.05, 4.69) is 19.2 Å². The van der Waals surface area contributed by atoms with E-state index in [9.17, 15) is 0 Å². The van der Waals surface area contributed by atoms with Crippen molar-refractivity contribution in [2.45, 2.75) is 18.6 Å². The Morgan fingerprint density at radius 1 is 2.00 bits per heavy atom. The standard InChI is InChI=1S/C5H11NS/c1-3-5(7)4(2)6/h5,7H,2-3,6H2,1H3. The van der Waals surface area contributed by atoms with Gasteiger partial charge in [0.1, 0.15) is 0 Å². The normalized spacial score (nSPS) is 13.4. The second kappa shape index (κ2) is 2.97. The maximum absolute atomic E-state index is 5.28. The van der Waals surface area contributed by atoms with Gasteiger partial charge < -0.3 is 5.73 Å². The molecule has 0 aliphatic carbocycles. The van der Waals surface area contributed by atoms with E-state index in [1.54, 1.807) is 0 Å². The number of hydrogen-bond acceptors (Lipinski definition) is 2. The molecule has 0 bridgehead atoms. The van der Waals surface area contributed by atoms with Crippen molar-refractivity contribution in [1.29, 1.82) is 0 Å². The van der Waals surface area contributed by atoms with Crippen LogP contribution in [0.25, 0.3) is 0 Å². The highest BCUT2D eigenvalue weighted by Crippen LogP contribution is 2.04. The van der Waals surface area contributed by atoms with Crippen LogP contribution in [0, 0.1) is 0 Å². The molecular formula is C5H11NS. The number of thiol groups is 1. The van der Waals surface area contributed by atoms with Gasteiger partial charge >= 0.3 is 0 Å². The minimum absolute atomic E-state index is 0.181. The first-order chi connectivity index (χ1) is 3.18. The van der Waals surface area contributed by atoms with Crippen LogP contribution in [0.5, 0.6) is 0 Å². The Balaban J connectivity index is 3.34. The van der Waals surface area contributed by atoms with Gasteiger partial charge in [-0.25, -0.2) is 0 Å². The molecule has 0 aliphatic heterocycles. The van der Waals surface area contributed by atoms with Crippen molar-refractivity contribution >= 4 is 12.6 Å². The van der Waals surface area contributed by atoms with Crippen LogP contribution >= 0.6 is 12.6 Å². The predicted molar refractivity (Wildman–Crippen MR) is 36.4 cm³/mol. The molecule has 0 aromatic heterocycles. The van der Waals surface area contributed by atoms with Gasteiger partial charge in [0.25, 0.3) is 0 Å². The largest absolute Gasteiger partial charge is 0.402 e. The van der Waals surface area contributed by atoms with E-state index in [0.29, 0.717) is 5.70 Å². The van der Waals surface area contributed by atoms with E-state index in [1.807, 2.05) is 6.92 Å². The molecule has 2 N–H and O–H groups in total. The van der Waals surface area contributed by atoms with Gasteiger partial charge in [0.05, 0.1) is 0 Å². The summed E-state index contributed by atoms with van der Waals surface area (Å²) in [4.78, 5) is 0. The monoisotopic (exact) mass is 117 g/mol. The van der Waals surface area contributed by atoms with Crippen LogP contribution in [0.2, 0.25) is 0 Å². The molecule has 0 aromatic carbocycles. The Bertz CT molecular complexity index is 70.5. The summed E-state index contributed by atoms with van der Waals surface area (Å²) in [5.41, 5.74) is 5.93. The van der Waals surface area contributed by atoms with Gasteiger partial charge in [0.15, 0.2) is 0 Å². The fourth-order valence-corrected chi connectivity index (χ4v) is 0.262. The second-order valence-corrected chi connectivity index (χ2v) is 2.12. The molecule has 7 heavy (non-hydrogen) atoms. The van der Waals surface area contributed by atoms with Crippen LogP contribution in [0.1, 0.15) is 13.3 Å². The highest BCUT2D eigenvalue weighted by molar-refractivity contribution is 7.81. The molecular weight excluding hydrogens is 106 g/mol. The third-order valence-electron chi connectivity index (χ3n) is 0.815. The molecule has 1 unspecified atom stereocenters. The molecule has 0 rings (SSSR count). The second-order valence-electron chi connectivity index (χ2n) is 1.50. The van der Waals surface area contributed by atoms with Crippen molar-refractivity contribution in [3.05, 3.63) is 12.3 Å². The molecule has 0 saturated heterocycles. The predicted octanol–water partition coefficient (Wildman–Crippen LogP) is 1.17. The molecule has 0 spiro atoms. The Labute approximate surface area is 50.0 Å². The van der Waals surface area contributed by atoms with Crippen LogP contribution in [0.4, 0.5) is 0 Å². The first kappa shape index (κ1) is 6.89. The van der Waals surface area contributed by atoms with E-state index < -0.39 is 0 Å². The number of nitrogens with two attached hydrogens (primary N) is 1. The van der Waals surface area contributed by atoms with E-state index in [-0.39, 0.29) is 5.25 Å². The van der Waals surface area contributed by atoms with Crippen molar-refractivity contribution in [3.63, 3.8) is 0 Å². The molecule has 0 fully saturated rings. The molecule has 0 heterocycles. The topological polar surface area (TPSA) is 26.0 Å². The molecule has 0 aliphatic rings. The van der Waals surface area contributed by atoms with Gasteiger partial charge in [-0.3, -0.25) is 0 Å². The minimum Gasteiger partial charge on any atom is -0.402 e. The van der Waals surface area contributed by atoms with Crippen LogP contribution in [-0.2, 0) is 0 Å². The summed E-state index contributed by atoms with van der Waals surface area (Å²) in [5.74, 6) is 0. The van der Waals surface area contributed by atoms with E-state index in [4.69, 9.17) is 5.73 Å². The average molecular weight is 117 g/mol. The number of rotatable bonds is 2. The summed E-state index contributed by atoms with van der Waals surface area (Å²) in [6.07, 6.45) is 0.957. The molecule has 1 nitrogen and oxygen atoms in total. The molecule has 2 heteroatoms. The Morgan fingerprint density at radius 2 is 2.43 bits per heavy atom. The van der Waals surface area contributed by atoms with E-state index in [0.717, 1.165) is 6.42 Å². The van der Waals surface area contributed by atoms with Crippen LogP contribution in [-0.4, -0.2) is 5.25 Å². The molecule has 0 saturated carbocycles. The third-order valence-corrected chi connectivity index (χ3v) is 1.51. The highest BCUT2D eigenvalue weighted by atomic mass is 32.1. The fourth-order valence-electron chi connectivity index (χ4n) is 0.262. The lowest BCUT2D eigenvalue weighted by Crippen LogP contribution is -2.08. The zero-order valence-electron chi connectivity index (χ0n) is 4.52. The highest BCUT2D eigenvalue weighted by Gasteiger charge is 1.96. The van der Waals surface area contributed by atoms with Gasteiger partial charge in [-0.2, -0.15) is 12.6 Å². The van der Waals surface area contributed by atoms with Crippen molar-refractivity contribution in [2.24, 2.45) is 5.73 Å². The van der Waals surface area contributed by atoms with Gasteiger partial charge in [-0.1, -0.05) is 13.5 Å². The Kier molecular flexibility index (Phi) is 2.92. The maximum atomic E-state index is 5.28. The zero-order chi connectivity index (χ0) is 5.86. The summed E-state index contributed by atoms with van der Waals surface area (Å²) >= 11 is 4.10. The zero-order valence-corrected chi connectivity index (χ0v) is 5.41. The van der Waals surface area contributed by atoms with Gasteiger partial charge in [0.2, 0.25) is 0 Å². The van der Waals surface area contributed by atoms with Crippen molar-refractivity contribution < 1.29 is 0 Å². The Morgan fingerprint density at radius 3 is 2.43 bits per heavy atom. The van der Waals surface area contributed by atoms with Crippen molar-refractivity contribution in [1.82, 2.24) is 0 Å². The van der Waals surface area contributed by atoms with Crippen LogP contribution in [0.3, 0.4) is 0 Å². The first-order valence-corrected chi connectivity index (χ1v) is 2.82. The minimum atomic E-state index is 0.181. The molecule has 42 valence electrons. The van der Waals surface area contributed by atoms with Crippen LogP contribution in [0.15, 0.2) is 12.3 Å². The third kappa shape index (κ3) is 2.57. The maximum Gasteiger partial charge on any atom is 0.0403 e. The SMILES string of the molecule is C=C(N)C(S)CC. The molecule has 0 radical (unpaired) electrons. The van der Waals surface area contributed by atoms with Gasteiger partial charge in [-0.05, 0) is 6.42 Å². The summed E-state index contributed by atoms with van der Waals surface area (Å²) < 4.78 is 0. The van der Waals surface area contributed by atoms with E-state index in [1.165, 1.54) is 0 Å².